The molecule has 0 bridgehead atoms. The Labute approximate surface area is 398 Å². The summed E-state index contributed by atoms with van der Waals surface area (Å²) in [6.07, 6.45) is 10.5. The van der Waals surface area contributed by atoms with Gasteiger partial charge in [0.25, 0.3) is 0 Å². The summed E-state index contributed by atoms with van der Waals surface area (Å²) in [7, 11) is 0. The zero-order chi connectivity index (χ0) is 45.0. The lowest BCUT2D eigenvalue weighted by molar-refractivity contribution is 0.0300. The Hall–Kier alpha value is -4.59. The lowest BCUT2D eigenvalue weighted by atomic mass is 9.83. The summed E-state index contributed by atoms with van der Waals surface area (Å²) in [4.78, 5) is 19.2. The van der Waals surface area contributed by atoms with E-state index in [0.717, 1.165) is 95.3 Å². The van der Waals surface area contributed by atoms with E-state index in [2.05, 4.69) is 86.0 Å². The average molecular weight is 939 g/mol. The SMILES string of the molecule is CC(C)CCOc1ccc(C(=CC2(C=C(c3ccc(OCCC(C)C)cc3)c3ccc(N4CCCC4)cc3)OC(=O)c3c(Cl)c(Cl)c(Cl)c(Cl)c32)c2ccc(N3CCCC3)cc2)cc1. The van der Waals surface area contributed by atoms with Crippen LogP contribution in [0, 0.1) is 11.8 Å². The van der Waals surface area contributed by atoms with Gasteiger partial charge < -0.3 is 24.0 Å². The molecule has 0 saturated carbocycles. The molecule has 2 fully saturated rings. The molecule has 0 N–H and O–H groups in total. The summed E-state index contributed by atoms with van der Waals surface area (Å²) in [6.45, 7) is 14.1. The fourth-order valence-corrected chi connectivity index (χ4v) is 9.80. The van der Waals surface area contributed by atoms with Crippen LogP contribution in [0.25, 0.3) is 11.1 Å². The number of carbonyl (C=O) groups excluding carboxylic acids is 1. The Bertz CT molecular complexity index is 2350. The topological polar surface area (TPSA) is 51.2 Å². The molecule has 0 aromatic heterocycles. The number of benzene rings is 5. The van der Waals surface area contributed by atoms with Gasteiger partial charge in [-0.1, -0.05) is 123 Å². The molecule has 0 atom stereocenters. The van der Waals surface area contributed by atoms with Crippen LogP contribution in [0.4, 0.5) is 11.4 Å². The molecule has 3 aliphatic heterocycles. The van der Waals surface area contributed by atoms with Crippen molar-refractivity contribution in [1.82, 2.24) is 0 Å². The summed E-state index contributed by atoms with van der Waals surface area (Å²) in [5, 5.41) is 0.0954. The van der Waals surface area contributed by atoms with Crippen LogP contribution in [-0.4, -0.2) is 45.4 Å². The first-order valence-electron chi connectivity index (χ1n) is 22.6. The van der Waals surface area contributed by atoms with Crippen molar-refractivity contribution < 1.29 is 19.0 Å². The van der Waals surface area contributed by atoms with E-state index < -0.39 is 11.6 Å². The normalized spacial score (nSPS) is 17.8. The molecule has 3 heterocycles. The van der Waals surface area contributed by atoms with E-state index >= 15 is 0 Å². The summed E-state index contributed by atoms with van der Waals surface area (Å²) in [6, 6.07) is 33.2. The zero-order valence-corrected chi connectivity index (χ0v) is 40.1. The number of esters is 1. The fraction of sp³-hybridized carbons (Fsp3) is 0.352. The number of carbonyl (C=O) groups is 1. The van der Waals surface area contributed by atoms with E-state index in [-0.39, 0.29) is 25.7 Å². The lowest BCUT2D eigenvalue weighted by Crippen LogP contribution is -2.23. The van der Waals surface area contributed by atoms with Gasteiger partial charge in [-0.3, -0.25) is 0 Å². The van der Waals surface area contributed by atoms with Gasteiger partial charge in [-0.25, -0.2) is 4.79 Å². The predicted octanol–water partition coefficient (Wildman–Crippen LogP) is 15.0. The lowest BCUT2D eigenvalue weighted by Gasteiger charge is -2.28. The third-order valence-electron chi connectivity index (χ3n) is 12.4. The van der Waals surface area contributed by atoms with Gasteiger partial charge in [0, 0.05) is 43.1 Å². The Morgan fingerprint density at radius 1 is 0.562 bits per heavy atom. The summed E-state index contributed by atoms with van der Waals surface area (Å²) >= 11 is 27.8. The third kappa shape index (κ3) is 10.1. The highest BCUT2D eigenvalue weighted by Crippen LogP contribution is 2.54. The third-order valence-corrected chi connectivity index (χ3v) is 14.2. The van der Waals surface area contributed by atoms with Crippen molar-refractivity contribution in [3.05, 3.63) is 163 Å². The highest BCUT2D eigenvalue weighted by Gasteiger charge is 2.48. The molecule has 0 radical (unpaired) electrons. The molecule has 0 amide bonds. The Kier molecular flexibility index (Phi) is 14.6. The Morgan fingerprint density at radius 2 is 0.922 bits per heavy atom. The molecule has 0 spiro atoms. The number of halogens is 4. The van der Waals surface area contributed by atoms with Crippen LogP contribution in [0.2, 0.25) is 20.1 Å². The van der Waals surface area contributed by atoms with Crippen LogP contribution in [0.15, 0.2) is 109 Å². The van der Waals surface area contributed by atoms with Crippen LogP contribution in [0.5, 0.6) is 11.5 Å². The van der Waals surface area contributed by atoms with Crippen molar-refractivity contribution in [1.29, 1.82) is 0 Å². The minimum absolute atomic E-state index is 0.00986. The Balaban J connectivity index is 1.35. The molecule has 5 aromatic rings. The smallest absolute Gasteiger partial charge is 0.341 e. The van der Waals surface area contributed by atoms with Crippen molar-refractivity contribution in [3.8, 4) is 11.5 Å². The van der Waals surface area contributed by atoms with Crippen LogP contribution in [-0.2, 0) is 10.3 Å². The van der Waals surface area contributed by atoms with Crippen LogP contribution in [0.3, 0.4) is 0 Å². The van der Waals surface area contributed by atoms with Gasteiger partial charge in [0.1, 0.15) is 11.5 Å². The van der Waals surface area contributed by atoms with Crippen molar-refractivity contribution >= 4 is 74.9 Å². The van der Waals surface area contributed by atoms with Crippen LogP contribution in [0.1, 0.15) is 104 Å². The molecule has 10 heteroatoms. The maximum Gasteiger partial charge on any atom is 0.341 e. The zero-order valence-electron chi connectivity index (χ0n) is 37.1. The van der Waals surface area contributed by atoms with Crippen molar-refractivity contribution in [2.24, 2.45) is 11.8 Å². The van der Waals surface area contributed by atoms with Crippen molar-refractivity contribution in [2.75, 3.05) is 49.2 Å². The predicted molar refractivity (Wildman–Crippen MR) is 266 cm³/mol. The second-order valence-electron chi connectivity index (χ2n) is 17.9. The molecular formula is C54H56Cl4N2O4. The first-order chi connectivity index (χ1) is 30.9. The van der Waals surface area contributed by atoms with Gasteiger partial charge in [0.2, 0.25) is 0 Å². The summed E-state index contributed by atoms with van der Waals surface area (Å²) in [5.41, 5.74) is 6.26. The van der Waals surface area contributed by atoms with Gasteiger partial charge >= 0.3 is 5.97 Å². The van der Waals surface area contributed by atoms with E-state index in [1.54, 1.807) is 0 Å². The molecule has 3 aliphatic rings. The largest absolute Gasteiger partial charge is 0.494 e. The van der Waals surface area contributed by atoms with Crippen LogP contribution < -0.4 is 19.3 Å². The number of hydrogen-bond acceptors (Lipinski definition) is 6. The van der Waals surface area contributed by atoms with Gasteiger partial charge in [-0.15, -0.1) is 0 Å². The molecule has 5 aromatic carbocycles. The van der Waals surface area contributed by atoms with Crippen molar-refractivity contribution in [3.63, 3.8) is 0 Å². The van der Waals surface area contributed by atoms with Crippen molar-refractivity contribution in [2.45, 2.75) is 71.8 Å². The number of cyclic esters (lactones) is 1. The number of rotatable bonds is 16. The number of nitrogens with zero attached hydrogens (tertiary/aromatic N) is 2. The van der Waals surface area contributed by atoms with E-state index in [1.807, 2.05) is 60.7 Å². The van der Waals surface area contributed by atoms with Gasteiger partial charge in [0.05, 0.1) is 38.9 Å². The van der Waals surface area contributed by atoms with E-state index in [9.17, 15) is 4.79 Å². The maximum absolute atomic E-state index is 14.4. The molecule has 64 heavy (non-hydrogen) atoms. The van der Waals surface area contributed by atoms with Gasteiger partial charge in [0.15, 0.2) is 5.60 Å². The summed E-state index contributed by atoms with van der Waals surface area (Å²) in [5.74, 6) is 1.93. The molecule has 0 unspecified atom stereocenters. The quantitative estimate of drug-likeness (QED) is 0.0558. The average Bonchev–Trinajstić information content (AvgIpc) is 4.09. The first-order valence-corrected chi connectivity index (χ1v) is 24.1. The number of fused-ring (bicyclic) bond motifs is 1. The minimum atomic E-state index is -1.63. The standard InChI is InChI=1S/C54H56Cl4N2O4/c1-35(2)25-31-62-43-21-13-39(14-22-43)45(37-9-17-41(18-10-37)59-27-5-6-28-59)33-54(48-47(53(61)64-54)49(55)51(57)52(58)50(48)56)34-46(38-11-19-42(20-12-38)60-29-7-8-30-60)40-15-23-44(24-16-40)63-32-26-36(3)4/h9-24,33-36H,5-8,25-32H2,1-4H3. The molecular weight excluding hydrogens is 882 g/mol. The van der Waals surface area contributed by atoms with Gasteiger partial charge in [-0.2, -0.15) is 0 Å². The molecule has 2 saturated heterocycles. The highest BCUT2D eigenvalue weighted by atomic mass is 35.5. The molecule has 334 valence electrons. The summed E-state index contributed by atoms with van der Waals surface area (Å²) < 4.78 is 19.0. The van der Waals surface area contributed by atoms with E-state index in [4.69, 9.17) is 60.6 Å². The number of ether oxygens (including phenoxy) is 3. The van der Waals surface area contributed by atoms with Crippen LogP contribution >= 0.6 is 46.4 Å². The van der Waals surface area contributed by atoms with E-state index in [1.165, 1.54) is 25.7 Å². The minimum Gasteiger partial charge on any atom is -0.494 e. The first kappa shape index (κ1) is 46.0. The van der Waals surface area contributed by atoms with Gasteiger partial charge in [-0.05, 0) is 144 Å². The molecule has 8 rings (SSSR count). The second-order valence-corrected chi connectivity index (χ2v) is 19.4. The number of anilines is 2. The monoisotopic (exact) mass is 936 g/mol. The highest BCUT2D eigenvalue weighted by molar-refractivity contribution is 6.53. The second kappa shape index (κ2) is 20.3. The Morgan fingerprint density at radius 3 is 1.30 bits per heavy atom. The fourth-order valence-electron chi connectivity index (χ4n) is 8.73. The van der Waals surface area contributed by atoms with E-state index in [0.29, 0.717) is 30.6 Å². The maximum atomic E-state index is 14.4. The number of hydrogen-bond donors (Lipinski definition) is 0. The molecule has 0 aliphatic carbocycles. The molecule has 6 nitrogen and oxygen atoms in total.